The van der Waals surface area contributed by atoms with Crippen LogP contribution in [0.15, 0.2) is 24.4 Å². The fourth-order valence-corrected chi connectivity index (χ4v) is 2.07. The molecule has 0 atom stereocenters. The van der Waals surface area contributed by atoms with E-state index in [0.717, 1.165) is 6.42 Å². The van der Waals surface area contributed by atoms with Gasteiger partial charge in [0.15, 0.2) is 0 Å². The first-order valence-corrected chi connectivity index (χ1v) is 7.69. The number of alkyl halides is 3. The molecule has 2 rings (SSSR count). The first-order chi connectivity index (χ1) is 12.3. The van der Waals surface area contributed by atoms with Gasteiger partial charge >= 0.3 is 6.18 Å². The molecule has 0 saturated carbocycles. The van der Waals surface area contributed by atoms with E-state index in [1.165, 1.54) is 19.2 Å². The highest BCUT2D eigenvalue weighted by Crippen LogP contribution is 2.33. The van der Waals surface area contributed by atoms with E-state index in [2.05, 4.69) is 20.6 Å². The van der Waals surface area contributed by atoms with Crippen LogP contribution in [0.2, 0.25) is 0 Å². The zero-order valence-electron chi connectivity index (χ0n) is 14.1. The topological polar surface area (TPSA) is 102 Å². The average Bonchev–Trinajstić information content (AvgIpc) is 2.58. The van der Waals surface area contributed by atoms with Crippen LogP contribution in [0.25, 0.3) is 0 Å². The number of nitrogens with two attached hydrogens (primary N) is 1. The number of hydrogen-bond donors (Lipinski definition) is 3. The predicted molar refractivity (Wildman–Crippen MR) is 90.3 cm³/mol. The molecule has 0 aliphatic heterocycles. The normalized spacial score (nSPS) is 11.1. The van der Waals surface area contributed by atoms with Crippen LogP contribution >= 0.6 is 0 Å². The first-order valence-electron chi connectivity index (χ1n) is 7.69. The van der Waals surface area contributed by atoms with Crippen molar-refractivity contribution >= 4 is 23.4 Å². The highest BCUT2D eigenvalue weighted by Gasteiger charge is 2.34. The molecule has 0 saturated heterocycles. The van der Waals surface area contributed by atoms with Crippen LogP contribution in [0.1, 0.15) is 29.3 Å². The van der Waals surface area contributed by atoms with E-state index < -0.39 is 17.6 Å². The summed E-state index contributed by atoms with van der Waals surface area (Å²) in [4.78, 5) is 19.2. The number of nitrogen functional groups attached to an aromatic ring is 1. The molecule has 0 unspecified atom stereocenters. The Hall–Kier alpha value is -3.04. The van der Waals surface area contributed by atoms with Crippen molar-refractivity contribution in [3.8, 4) is 5.75 Å². The molecular formula is C16H18F3N5O2. The molecule has 4 N–H and O–H groups in total. The third kappa shape index (κ3) is 4.52. The van der Waals surface area contributed by atoms with E-state index in [0.29, 0.717) is 29.7 Å². The van der Waals surface area contributed by atoms with Gasteiger partial charge in [-0.3, -0.25) is 4.79 Å². The maximum absolute atomic E-state index is 12.7. The zero-order chi connectivity index (χ0) is 19.3. The molecule has 0 bridgehead atoms. The fraction of sp³-hybridized carbons (Fsp3) is 0.312. The van der Waals surface area contributed by atoms with Gasteiger partial charge < -0.3 is 21.1 Å². The van der Waals surface area contributed by atoms with Gasteiger partial charge in [-0.15, -0.1) is 0 Å². The molecule has 1 aromatic carbocycles. The smallest absolute Gasteiger partial charge is 0.421 e. The fourth-order valence-electron chi connectivity index (χ4n) is 2.07. The van der Waals surface area contributed by atoms with Gasteiger partial charge in [0.05, 0.1) is 12.8 Å². The van der Waals surface area contributed by atoms with E-state index >= 15 is 0 Å². The number of methoxy groups -OCH3 is 1. The Kier molecular flexibility index (Phi) is 5.86. The molecule has 0 aliphatic rings. The van der Waals surface area contributed by atoms with Crippen molar-refractivity contribution in [1.82, 2.24) is 15.3 Å². The molecule has 7 nitrogen and oxygen atoms in total. The van der Waals surface area contributed by atoms with E-state index in [9.17, 15) is 18.0 Å². The molecular weight excluding hydrogens is 351 g/mol. The maximum atomic E-state index is 12.7. The molecule has 2 aromatic rings. The van der Waals surface area contributed by atoms with Crippen molar-refractivity contribution in [3.05, 3.63) is 35.5 Å². The molecule has 0 radical (unpaired) electrons. The van der Waals surface area contributed by atoms with Crippen LogP contribution in [0.3, 0.4) is 0 Å². The number of hydrogen-bond acceptors (Lipinski definition) is 6. The lowest BCUT2D eigenvalue weighted by molar-refractivity contribution is -0.137. The van der Waals surface area contributed by atoms with Crippen molar-refractivity contribution in [3.63, 3.8) is 0 Å². The SMILES string of the molecule is CCCNC(=O)c1ccc(Nc2ncc(C(F)(F)F)c(N)n2)c(OC)c1. The molecule has 1 heterocycles. The Balaban J connectivity index is 2.24. The van der Waals surface area contributed by atoms with Crippen LogP contribution in [-0.2, 0) is 6.18 Å². The molecule has 1 amide bonds. The van der Waals surface area contributed by atoms with Gasteiger partial charge in [0.2, 0.25) is 5.95 Å². The van der Waals surface area contributed by atoms with Gasteiger partial charge in [-0.25, -0.2) is 4.98 Å². The van der Waals surface area contributed by atoms with Gasteiger partial charge in [0.25, 0.3) is 5.91 Å². The standard InChI is InChI=1S/C16H18F3N5O2/c1-3-6-21-14(25)9-4-5-11(12(7-9)26-2)23-15-22-8-10(13(20)24-15)16(17,18)19/h4-5,7-8H,3,6H2,1-2H3,(H,21,25)(H3,20,22,23,24). The monoisotopic (exact) mass is 369 g/mol. The van der Waals surface area contributed by atoms with Crippen molar-refractivity contribution < 1.29 is 22.7 Å². The van der Waals surface area contributed by atoms with Crippen molar-refractivity contribution in [1.29, 1.82) is 0 Å². The summed E-state index contributed by atoms with van der Waals surface area (Å²) in [6, 6.07) is 4.58. The lowest BCUT2D eigenvalue weighted by Crippen LogP contribution is -2.23. The van der Waals surface area contributed by atoms with Gasteiger partial charge in [-0.2, -0.15) is 18.2 Å². The highest BCUT2D eigenvalue weighted by molar-refractivity contribution is 5.95. The lowest BCUT2D eigenvalue weighted by atomic mass is 10.1. The summed E-state index contributed by atoms with van der Waals surface area (Å²) >= 11 is 0. The summed E-state index contributed by atoms with van der Waals surface area (Å²) in [5.41, 5.74) is 4.99. The number of ether oxygens (including phenoxy) is 1. The van der Waals surface area contributed by atoms with Crippen molar-refractivity contribution in [2.24, 2.45) is 0 Å². The van der Waals surface area contributed by atoms with E-state index in [4.69, 9.17) is 10.5 Å². The Labute approximate surface area is 147 Å². The number of nitrogens with zero attached hydrogens (tertiary/aromatic N) is 2. The first kappa shape index (κ1) is 19.3. The maximum Gasteiger partial charge on any atom is 0.421 e. The number of amides is 1. The summed E-state index contributed by atoms with van der Waals surface area (Å²) < 4.78 is 43.3. The predicted octanol–water partition coefficient (Wildman–Crippen LogP) is 2.97. The number of halogens is 3. The van der Waals surface area contributed by atoms with Crippen LogP contribution in [0, 0.1) is 0 Å². The zero-order valence-corrected chi connectivity index (χ0v) is 14.1. The number of carbonyl (C=O) groups is 1. The van der Waals surface area contributed by atoms with Gasteiger partial charge in [-0.1, -0.05) is 6.92 Å². The van der Waals surface area contributed by atoms with Crippen LogP contribution in [0.4, 0.5) is 30.6 Å². The van der Waals surface area contributed by atoms with Crippen molar-refractivity contribution in [2.75, 3.05) is 24.7 Å². The Morgan fingerprint density at radius 2 is 2.08 bits per heavy atom. The van der Waals surface area contributed by atoms with Crippen molar-refractivity contribution in [2.45, 2.75) is 19.5 Å². The minimum atomic E-state index is -4.63. The number of rotatable bonds is 6. The minimum Gasteiger partial charge on any atom is -0.495 e. The minimum absolute atomic E-state index is 0.128. The number of anilines is 3. The Morgan fingerprint density at radius 3 is 2.65 bits per heavy atom. The molecule has 26 heavy (non-hydrogen) atoms. The van der Waals surface area contributed by atoms with E-state index in [-0.39, 0.29) is 11.9 Å². The summed E-state index contributed by atoms with van der Waals surface area (Å²) in [5, 5.41) is 5.46. The number of benzene rings is 1. The van der Waals surface area contributed by atoms with E-state index in [1.54, 1.807) is 6.07 Å². The Morgan fingerprint density at radius 1 is 1.35 bits per heavy atom. The summed E-state index contributed by atoms with van der Waals surface area (Å²) in [6.45, 7) is 2.48. The average molecular weight is 369 g/mol. The van der Waals surface area contributed by atoms with Crippen LogP contribution in [-0.4, -0.2) is 29.5 Å². The molecule has 0 aliphatic carbocycles. The lowest BCUT2D eigenvalue weighted by Gasteiger charge is -2.13. The number of carbonyl (C=O) groups excluding carboxylic acids is 1. The second-order valence-electron chi connectivity index (χ2n) is 5.29. The summed E-state index contributed by atoms with van der Waals surface area (Å²) in [7, 11) is 1.40. The second kappa shape index (κ2) is 7.89. The van der Waals surface area contributed by atoms with Gasteiger partial charge in [-0.05, 0) is 24.6 Å². The quantitative estimate of drug-likeness (QED) is 0.724. The largest absolute Gasteiger partial charge is 0.495 e. The third-order valence-corrected chi connectivity index (χ3v) is 3.37. The molecule has 0 spiro atoms. The molecule has 10 heteroatoms. The third-order valence-electron chi connectivity index (χ3n) is 3.37. The van der Waals surface area contributed by atoms with E-state index in [1.807, 2.05) is 6.92 Å². The molecule has 140 valence electrons. The summed E-state index contributed by atoms with van der Waals surface area (Å²) in [6.07, 6.45) is -3.23. The van der Waals surface area contributed by atoms with Crippen LogP contribution < -0.4 is 21.1 Å². The van der Waals surface area contributed by atoms with Gasteiger partial charge in [0.1, 0.15) is 17.1 Å². The Bertz CT molecular complexity index is 796. The van der Waals surface area contributed by atoms with Crippen LogP contribution in [0.5, 0.6) is 5.75 Å². The highest BCUT2D eigenvalue weighted by atomic mass is 19.4. The number of aromatic nitrogens is 2. The van der Waals surface area contributed by atoms with Gasteiger partial charge in [0, 0.05) is 18.3 Å². The number of nitrogens with one attached hydrogen (secondary N) is 2. The second-order valence-corrected chi connectivity index (χ2v) is 5.29. The molecule has 1 aromatic heterocycles. The molecule has 0 fully saturated rings. The summed E-state index contributed by atoms with van der Waals surface area (Å²) in [5.74, 6) is -0.774.